The average Bonchev–Trinajstić information content (AvgIpc) is 2.74. The van der Waals surface area contributed by atoms with Crippen LogP contribution in [0.25, 0.3) is 0 Å². The molecule has 2 aliphatic heterocycles. The maximum Gasteiger partial charge on any atom is 0.313 e. The zero-order valence-corrected chi connectivity index (χ0v) is 11.6. The summed E-state index contributed by atoms with van der Waals surface area (Å²) in [5.41, 5.74) is -0.576. The standard InChI is InChI=1S/C15H18FNO3/c1-10-12-13(15(2,16)9-19-14(12)18)17(20-10)8-11-6-4-3-5-7-11/h3-7,10,12-13H,8-9H2,1-2H3/t10-,12-,13+,15+/m0/s1. The first-order valence-corrected chi connectivity index (χ1v) is 6.82. The summed E-state index contributed by atoms with van der Waals surface area (Å²) in [5.74, 6) is -0.935. The van der Waals surface area contributed by atoms with Gasteiger partial charge in [-0.25, -0.2) is 4.39 Å². The van der Waals surface area contributed by atoms with Crippen LogP contribution in [0.2, 0.25) is 0 Å². The smallest absolute Gasteiger partial charge is 0.313 e. The summed E-state index contributed by atoms with van der Waals surface area (Å²) in [6.45, 7) is 3.50. The van der Waals surface area contributed by atoms with Crippen molar-refractivity contribution in [3.05, 3.63) is 35.9 Å². The first-order chi connectivity index (χ1) is 9.49. The molecule has 0 N–H and O–H groups in total. The van der Waals surface area contributed by atoms with Gasteiger partial charge in [-0.3, -0.25) is 9.63 Å². The molecule has 2 fully saturated rings. The van der Waals surface area contributed by atoms with Gasteiger partial charge in [0.05, 0.1) is 12.1 Å². The van der Waals surface area contributed by atoms with Crippen LogP contribution in [-0.4, -0.2) is 35.5 Å². The number of benzene rings is 1. The van der Waals surface area contributed by atoms with Gasteiger partial charge < -0.3 is 4.74 Å². The Morgan fingerprint density at radius 3 is 2.80 bits per heavy atom. The van der Waals surface area contributed by atoms with Crippen molar-refractivity contribution in [3.63, 3.8) is 0 Å². The number of hydrogen-bond donors (Lipinski definition) is 0. The number of rotatable bonds is 2. The molecule has 5 heteroatoms. The second kappa shape index (κ2) is 4.82. The van der Waals surface area contributed by atoms with E-state index in [-0.39, 0.29) is 18.7 Å². The Balaban J connectivity index is 1.87. The molecule has 0 amide bonds. The lowest BCUT2D eigenvalue weighted by molar-refractivity contribution is -0.195. The van der Waals surface area contributed by atoms with Crippen LogP contribution in [0.5, 0.6) is 0 Å². The summed E-state index contributed by atoms with van der Waals surface area (Å²) >= 11 is 0. The number of esters is 1. The highest BCUT2D eigenvalue weighted by molar-refractivity contribution is 5.75. The van der Waals surface area contributed by atoms with Gasteiger partial charge in [0.1, 0.15) is 12.5 Å². The van der Waals surface area contributed by atoms with E-state index < -0.39 is 17.6 Å². The predicted molar refractivity (Wildman–Crippen MR) is 70.3 cm³/mol. The van der Waals surface area contributed by atoms with Crippen LogP contribution in [-0.2, 0) is 20.9 Å². The minimum absolute atomic E-state index is 0.214. The quantitative estimate of drug-likeness (QED) is 0.777. The van der Waals surface area contributed by atoms with Crippen molar-refractivity contribution in [1.82, 2.24) is 5.06 Å². The summed E-state index contributed by atoms with van der Waals surface area (Å²) in [6, 6.07) is 9.10. The molecule has 4 atom stereocenters. The molecule has 0 spiro atoms. The lowest BCUT2D eigenvalue weighted by atomic mass is 9.83. The first kappa shape index (κ1) is 13.5. The molecule has 2 aliphatic rings. The zero-order valence-electron chi connectivity index (χ0n) is 11.6. The number of hydrogen-bond acceptors (Lipinski definition) is 4. The molecule has 0 unspecified atom stereocenters. The van der Waals surface area contributed by atoms with Crippen molar-refractivity contribution in [2.45, 2.75) is 38.2 Å². The Hall–Kier alpha value is -1.46. The molecule has 0 bridgehead atoms. The molecule has 3 rings (SSSR count). The molecular formula is C15H18FNO3. The summed E-state index contributed by atoms with van der Waals surface area (Å²) < 4.78 is 19.7. The largest absolute Gasteiger partial charge is 0.462 e. The molecular weight excluding hydrogens is 261 g/mol. The Kier molecular flexibility index (Phi) is 3.26. The molecule has 108 valence electrons. The van der Waals surface area contributed by atoms with Crippen molar-refractivity contribution in [2.75, 3.05) is 6.61 Å². The summed E-state index contributed by atoms with van der Waals surface area (Å²) in [7, 11) is 0. The third-order valence-corrected chi connectivity index (χ3v) is 4.02. The number of fused-ring (bicyclic) bond motifs is 1. The highest BCUT2D eigenvalue weighted by Gasteiger charge is 2.58. The van der Waals surface area contributed by atoms with Gasteiger partial charge in [-0.1, -0.05) is 30.3 Å². The number of alkyl halides is 1. The minimum Gasteiger partial charge on any atom is -0.462 e. The molecule has 2 saturated heterocycles. The SMILES string of the molecule is C[C@@H]1ON(Cc2ccccc2)[C@@H]2[C@H]1C(=O)OC[C@@]2(C)F. The minimum atomic E-state index is -1.60. The molecule has 1 aromatic carbocycles. The second-order valence-corrected chi connectivity index (χ2v) is 5.73. The van der Waals surface area contributed by atoms with Gasteiger partial charge in [-0.2, -0.15) is 5.06 Å². The second-order valence-electron chi connectivity index (χ2n) is 5.73. The van der Waals surface area contributed by atoms with E-state index in [9.17, 15) is 9.18 Å². The number of ether oxygens (including phenoxy) is 1. The first-order valence-electron chi connectivity index (χ1n) is 6.82. The van der Waals surface area contributed by atoms with Gasteiger partial charge >= 0.3 is 5.97 Å². The predicted octanol–water partition coefficient (Wildman–Crippen LogP) is 2.09. The lowest BCUT2D eigenvalue weighted by Gasteiger charge is -2.38. The van der Waals surface area contributed by atoms with E-state index in [1.807, 2.05) is 30.3 Å². The highest BCUT2D eigenvalue weighted by atomic mass is 19.1. The Morgan fingerprint density at radius 2 is 2.10 bits per heavy atom. The van der Waals surface area contributed by atoms with Gasteiger partial charge in [-0.15, -0.1) is 0 Å². The monoisotopic (exact) mass is 279 g/mol. The number of halogens is 1. The third kappa shape index (κ3) is 2.21. The van der Waals surface area contributed by atoms with E-state index in [1.165, 1.54) is 6.92 Å². The van der Waals surface area contributed by atoms with E-state index in [0.29, 0.717) is 6.54 Å². The van der Waals surface area contributed by atoms with Gasteiger partial charge in [-0.05, 0) is 19.4 Å². The fourth-order valence-electron chi connectivity index (χ4n) is 3.07. The van der Waals surface area contributed by atoms with Crippen LogP contribution in [0.3, 0.4) is 0 Å². The number of cyclic esters (lactones) is 1. The average molecular weight is 279 g/mol. The molecule has 2 heterocycles. The van der Waals surface area contributed by atoms with E-state index in [0.717, 1.165) is 5.56 Å². The third-order valence-electron chi connectivity index (χ3n) is 4.02. The van der Waals surface area contributed by atoms with Gasteiger partial charge in [0.15, 0.2) is 5.67 Å². The number of carbonyl (C=O) groups excluding carboxylic acids is 1. The maximum absolute atomic E-state index is 14.7. The van der Waals surface area contributed by atoms with E-state index in [2.05, 4.69) is 0 Å². The van der Waals surface area contributed by atoms with Crippen LogP contribution in [0.1, 0.15) is 19.4 Å². The Labute approximate surface area is 117 Å². The molecule has 0 saturated carbocycles. The fourth-order valence-corrected chi connectivity index (χ4v) is 3.07. The van der Waals surface area contributed by atoms with Crippen LogP contribution in [0, 0.1) is 5.92 Å². The van der Waals surface area contributed by atoms with Crippen molar-refractivity contribution < 1.29 is 18.8 Å². The molecule has 1 aromatic rings. The van der Waals surface area contributed by atoms with Crippen LogP contribution < -0.4 is 0 Å². The highest BCUT2D eigenvalue weighted by Crippen LogP contribution is 2.41. The van der Waals surface area contributed by atoms with E-state index in [4.69, 9.17) is 9.57 Å². The van der Waals surface area contributed by atoms with Crippen LogP contribution in [0.15, 0.2) is 30.3 Å². The van der Waals surface area contributed by atoms with E-state index >= 15 is 0 Å². The zero-order chi connectivity index (χ0) is 14.3. The summed E-state index contributed by atoms with van der Waals surface area (Å²) in [4.78, 5) is 17.6. The van der Waals surface area contributed by atoms with Crippen molar-refractivity contribution >= 4 is 5.97 Å². The van der Waals surface area contributed by atoms with Crippen molar-refractivity contribution in [1.29, 1.82) is 0 Å². The number of hydroxylamine groups is 2. The van der Waals surface area contributed by atoms with Crippen molar-refractivity contribution in [3.8, 4) is 0 Å². The maximum atomic E-state index is 14.7. The van der Waals surface area contributed by atoms with Crippen molar-refractivity contribution in [2.24, 2.45) is 5.92 Å². The number of carbonyl (C=O) groups is 1. The lowest BCUT2D eigenvalue weighted by Crippen LogP contribution is -2.56. The molecule has 4 nitrogen and oxygen atoms in total. The normalized spacial score (nSPS) is 37.5. The topological polar surface area (TPSA) is 38.8 Å². The molecule has 0 aliphatic carbocycles. The van der Waals surface area contributed by atoms with Gasteiger partial charge in [0.25, 0.3) is 0 Å². The number of nitrogens with zero attached hydrogens (tertiary/aromatic N) is 1. The summed E-state index contributed by atoms with van der Waals surface area (Å²) in [6.07, 6.45) is -0.369. The van der Waals surface area contributed by atoms with Crippen LogP contribution >= 0.6 is 0 Å². The Morgan fingerprint density at radius 1 is 1.40 bits per heavy atom. The molecule has 0 radical (unpaired) electrons. The van der Waals surface area contributed by atoms with Gasteiger partial charge in [0, 0.05) is 6.54 Å². The molecule has 0 aromatic heterocycles. The van der Waals surface area contributed by atoms with Gasteiger partial charge in [0.2, 0.25) is 0 Å². The fraction of sp³-hybridized carbons (Fsp3) is 0.533. The van der Waals surface area contributed by atoms with Crippen LogP contribution in [0.4, 0.5) is 4.39 Å². The van der Waals surface area contributed by atoms with E-state index in [1.54, 1.807) is 12.0 Å². The Bertz CT molecular complexity index is 505. The molecule has 20 heavy (non-hydrogen) atoms. The summed E-state index contributed by atoms with van der Waals surface area (Å²) in [5, 5.41) is 1.60.